The predicted molar refractivity (Wildman–Crippen MR) is 60.3 cm³/mol. The lowest BCUT2D eigenvalue weighted by Gasteiger charge is -2.38. The Labute approximate surface area is 92.7 Å². The molecule has 3 nitrogen and oxygen atoms in total. The summed E-state index contributed by atoms with van der Waals surface area (Å²) in [6.45, 7) is 7.56. The van der Waals surface area contributed by atoms with Gasteiger partial charge in [-0.3, -0.25) is 0 Å². The fourth-order valence-electron chi connectivity index (χ4n) is 1.93. The first kappa shape index (κ1) is 12.5. The van der Waals surface area contributed by atoms with Crippen LogP contribution in [0.25, 0.3) is 0 Å². The van der Waals surface area contributed by atoms with Crippen LogP contribution in [-0.2, 0) is 0 Å². The average Bonchev–Trinajstić information content (AvgIpc) is 2.15. The normalized spacial score (nSPS) is 18.5. The molecule has 1 N–H and O–H groups in total. The monoisotopic (exact) mass is 210 g/mol. The van der Waals surface area contributed by atoms with Crippen LogP contribution in [-0.4, -0.2) is 36.2 Å². The van der Waals surface area contributed by atoms with Crippen molar-refractivity contribution in [2.24, 2.45) is 11.3 Å². The van der Waals surface area contributed by atoms with Crippen LogP contribution in [0.4, 0.5) is 0 Å². The second kappa shape index (κ2) is 5.48. The second-order valence-electron chi connectivity index (χ2n) is 5.26. The molecule has 0 bridgehead atoms. The summed E-state index contributed by atoms with van der Waals surface area (Å²) in [6, 6.07) is 2.33. The molecule has 1 saturated heterocycles. The molecule has 1 rings (SSSR count). The molecule has 0 spiro atoms. The minimum atomic E-state index is -0.164. The van der Waals surface area contributed by atoms with E-state index in [4.69, 9.17) is 10.4 Å². The molecule has 1 aliphatic rings. The van der Waals surface area contributed by atoms with Gasteiger partial charge in [-0.25, -0.2) is 0 Å². The van der Waals surface area contributed by atoms with Gasteiger partial charge in [0.05, 0.1) is 11.5 Å². The first-order valence-electron chi connectivity index (χ1n) is 5.82. The van der Waals surface area contributed by atoms with Gasteiger partial charge in [0.2, 0.25) is 0 Å². The van der Waals surface area contributed by atoms with E-state index in [1.165, 1.54) is 6.42 Å². The Morgan fingerprint density at radius 2 is 2.07 bits per heavy atom. The molecule has 0 atom stereocenters. The maximum absolute atomic E-state index is 8.85. The lowest BCUT2D eigenvalue weighted by Crippen LogP contribution is -2.48. The number of aliphatic hydroxyl groups excluding tert-OH is 1. The van der Waals surface area contributed by atoms with Crippen molar-refractivity contribution in [3.8, 4) is 6.07 Å². The van der Waals surface area contributed by atoms with E-state index >= 15 is 0 Å². The van der Waals surface area contributed by atoms with E-state index in [9.17, 15) is 0 Å². The van der Waals surface area contributed by atoms with Gasteiger partial charge in [-0.15, -0.1) is 0 Å². The van der Waals surface area contributed by atoms with Crippen molar-refractivity contribution in [2.45, 2.75) is 33.1 Å². The van der Waals surface area contributed by atoms with Crippen molar-refractivity contribution in [3.05, 3.63) is 0 Å². The van der Waals surface area contributed by atoms with Crippen molar-refractivity contribution >= 4 is 0 Å². The van der Waals surface area contributed by atoms with Gasteiger partial charge in [-0.1, -0.05) is 6.42 Å². The summed E-state index contributed by atoms with van der Waals surface area (Å²) in [5.74, 6) is 0.514. The summed E-state index contributed by atoms with van der Waals surface area (Å²) in [5, 5.41) is 17.7. The van der Waals surface area contributed by atoms with Crippen LogP contribution in [0.15, 0.2) is 0 Å². The first-order chi connectivity index (χ1) is 7.07. The summed E-state index contributed by atoms with van der Waals surface area (Å²) in [4.78, 5) is 2.38. The van der Waals surface area contributed by atoms with Gasteiger partial charge in [0, 0.05) is 25.6 Å². The topological polar surface area (TPSA) is 47.3 Å². The Morgan fingerprint density at radius 3 is 2.60 bits per heavy atom. The molecule has 1 fully saturated rings. The molecule has 15 heavy (non-hydrogen) atoms. The van der Waals surface area contributed by atoms with E-state index in [1.54, 1.807) is 0 Å². The first-order valence-corrected chi connectivity index (χ1v) is 5.82. The van der Waals surface area contributed by atoms with Crippen LogP contribution in [0.2, 0.25) is 0 Å². The number of likely N-dealkylation sites (tertiary alicyclic amines) is 1. The Balaban J connectivity index is 1.97. The van der Waals surface area contributed by atoms with Gasteiger partial charge in [0.1, 0.15) is 0 Å². The van der Waals surface area contributed by atoms with Gasteiger partial charge < -0.3 is 10.0 Å². The third-order valence-electron chi connectivity index (χ3n) is 3.12. The summed E-state index contributed by atoms with van der Waals surface area (Å²) in [5.41, 5.74) is -0.164. The van der Waals surface area contributed by atoms with Crippen molar-refractivity contribution < 1.29 is 5.11 Å². The molecule has 0 aromatic carbocycles. The van der Waals surface area contributed by atoms with E-state index in [0.29, 0.717) is 12.5 Å². The fourth-order valence-corrected chi connectivity index (χ4v) is 1.93. The third kappa shape index (κ3) is 4.19. The van der Waals surface area contributed by atoms with Crippen LogP contribution < -0.4 is 0 Å². The molecule has 0 aliphatic carbocycles. The summed E-state index contributed by atoms with van der Waals surface area (Å²) < 4.78 is 0. The van der Waals surface area contributed by atoms with Gasteiger partial charge >= 0.3 is 0 Å². The summed E-state index contributed by atoms with van der Waals surface area (Å²) >= 11 is 0. The number of nitriles is 1. The molecule has 0 aromatic heterocycles. The molecule has 0 unspecified atom stereocenters. The number of hydrogen-bond donors (Lipinski definition) is 1. The standard InChI is InChI=1S/C12H22N2O/c1-12(2,10-13)5-3-4-6-14-7-11(8-14)9-15/h11,15H,3-9H2,1-2H3. The second-order valence-corrected chi connectivity index (χ2v) is 5.26. The van der Waals surface area contributed by atoms with Crippen LogP contribution in [0, 0.1) is 22.7 Å². The Morgan fingerprint density at radius 1 is 1.40 bits per heavy atom. The molecule has 86 valence electrons. The van der Waals surface area contributed by atoms with Crippen LogP contribution >= 0.6 is 0 Å². The Kier molecular flexibility index (Phi) is 4.56. The number of rotatable bonds is 6. The molecule has 0 amide bonds. The van der Waals surface area contributed by atoms with Crippen molar-refractivity contribution in [1.29, 1.82) is 5.26 Å². The van der Waals surface area contributed by atoms with Crippen molar-refractivity contribution in [3.63, 3.8) is 0 Å². The number of unbranched alkanes of at least 4 members (excludes halogenated alkanes) is 1. The zero-order valence-electron chi connectivity index (χ0n) is 9.87. The van der Waals surface area contributed by atoms with E-state index in [2.05, 4.69) is 11.0 Å². The highest BCUT2D eigenvalue weighted by Gasteiger charge is 2.25. The molecule has 3 heteroatoms. The maximum atomic E-state index is 8.85. The molecule has 1 aliphatic heterocycles. The molecule has 0 saturated carbocycles. The summed E-state index contributed by atoms with van der Waals surface area (Å²) in [7, 11) is 0. The smallest absolute Gasteiger partial charge is 0.0683 e. The van der Waals surface area contributed by atoms with Gasteiger partial charge in [-0.2, -0.15) is 5.26 Å². The van der Waals surface area contributed by atoms with Gasteiger partial charge in [-0.05, 0) is 33.2 Å². The number of aliphatic hydroxyl groups is 1. The van der Waals surface area contributed by atoms with Crippen LogP contribution in [0.1, 0.15) is 33.1 Å². The minimum Gasteiger partial charge on any atom is -0.396 e. The highest BCUT2D eigenvalue weighted by Crippen LogP contribution is 2.22. The van der Waals surface area contributed by atoms with Crippen molar-refractivity contribution in [1.82, 2.24) is 4.90 Å². The number of hydrogen-bond acceptors (Lipinski definition) is 3. The Bertz CT molecular complexity index is 226. The van der Waals surface area contributed by atoms with E-state index < -0.39 is 0 Å². The predicted octanol–water partition coefficient (Wildman–Crippen LogP) is 1.63. The largest absolute Gasteiger partial charge is 0.396 e. The van der Waals surface area contributed by atoms with Crippen molar-refractivity contribution in [2.75, 3.05) is 26.2 Å². The third-order valence-corrected chi connectivity index (χ3v) is 3.12. The molecular formula is C12H22N2O. The lowest BCUT2D eigenvalue weighted by molar-refractivity contribution is 0.0524. The highest BCUT2D eigenvalue weighted by atomic mass is 16.3. The van der Waals surface area contributed by atoms with Crippen LogP contribution in [0.3, 0.4) is 0 Å². The molecule has 1 heterocycles. The molecule has 0 aromatic rings. The lowest BCUT2D eigenvalue weighted by atomic mass is 9.89. The quantitative estimate of drug-likeness (QED) is 0.678. The SMILES string of the molecule is CC(C)(C#N)CCCCN1CC(CO)C1. The van der Waals surface area contributed by atoms with E-state index in [1.807, 2.05) is 13.8 Å². The zero-order chi connectivity index (χ0) is 11.3. The minimum absolute atomic E-state index is 0.164. The zero-order valence-corrected chi connectivity index (χ0v) is 9.87. The van der Waals surface area contributed by atoms with E-state index in [0.717, 1.165) is 32.5 Å². The average molecular weight is 210 g/mol. The highest BCUT2D eigenvalue weighted by molar-refractivity contribution is 4.91. The van der Waals surface area contributed by atoms with Crippen LogP contribution in [0.5, 0.6) is 0 Å². The fraction of sp³-hybridized carbons (Fsp3) is 0.917. The molecule has 0 radical (unpaired) electrons. The molecular weight excluding hydrogens is 188 g/mol. The van der Waals surface area contributed by atoms with Gasteiger partial charge in [0.15, 0.2) is 0 Å². The summed E-state index contributed by atoms with van der Waals surface area (Å²) in [6.07, 6.45) is 3.28. The Hall–Kier alpha value is -0.590. The number of nitrogens with zero attached hydrogens (tertiary/aromatic N) is 2. The van der Waals surface area contributed by atoms with Gasteiger partial charge in [0.25, 0.3) is 0 Å². The van der Waals surface area contributed by atoms with E-state index in [-0.39, 0.29) is 5.41 Å². The maximum Gasteiger partial charge on any atom is 0.0683 e.